The smallest absolute Gasteiger partial charge is 0.231 e. The van der Waals surface area contributed by atoms with Crippen molar-refractivity contribution < 1.29 is 14.3 Å². The maximum absolute atomic E-state index is 11.7. The van der Waals surface area contributed by atoms with Gasteiger partial charge in [-0.1, -0.05) is 18.2 Å². The van der Waals surface area contributed by atoms with Gasteiger partial charge in [-0.15, -0.1) is 0 Å². The minimum absolute atomic E-state index is 0.0778. The first-order valence-electron chi connectivity index (χ1n) is 7.41. The van der Waals surface area contributed by atoms with Gasteiger partial charge < -0.3 is 9.47 Å². The van der Waals surface area contributed by atoms with Crippen LogP contribution in [0.4, 0.5) is 0 Å². The number of ketones is 1. The second-order valence-electron chi connectivity index (χ2n) is 5.54. The number of nitrogens with zero attached hydrogens (tertiary/aromatic N) is 3. The summed E-state index contributed by atoms with van der Waals surface area (Å²) in [6, 6.07) is 13.1. The monoisotopic (exact) mass is 309 g/mol. The number of fused-ring (bicyclic) bond motifs is 2. The Morgan fingerprint density at radius 3 is 2.52 bits per heavy atom. The normalized spacial score (nSPS) is 14.1. The van der Waals surface area contributed by atoms with Gasteiger partial charge in [0.25, 0.3) is 0 Å². The molecule has 23 heavy (non-hydrogen) atoms. The topological polar surface area (TPSA) is 66.2 Å². The number of carbonyl (C=O) groups is 1. The number of benzene rings is 2. The fourth-order valence-electron chi connectivity index (χ4n) is 2.74. The standard InChI is InChI=1S/C17H15N3O3/c1-11(21)8-15(12-6-7-16-17(9-12)23-10-22-16)20-18-13-4-2-3-5-14(13)19-20/h2-7,9,15H,8,10H2,1H3/t15-/m0/s1. The number of ether oxygens (including phenoxy) is 2. The second kappa shape index (κ2) is 5.39. The predicted molar refractivity (Wildman–Crippen MR) is 83.5 cm³/mol. The van der Waals surface area contributed by atoms with Crippen LogP contribution in [0.2, 0.25) is 0 Å². The summed E-state index contributed by atoms with van der Waals surface area (Å²) in [5.74, 6) is 1.48. The summed E-state index contributed by atoms with van der Waals surface area (Å²) in [4.78, 5) is 13.3. The summed E-state index contributed by atoms with van der Waals surface area (Å²) >= 11 is 0. The highest BCUT2D eigenvalue weighted by Crippen LogP contribution is 2.35. The van der Waals surface area contributed by atoms with Gasteiger partial charge in [0.2, 0.25) is 6.79 Å². The third-order valence-corrected chi connectivity index (χ3v) is 3.84. The van der Waals surface area contributed by atoms with Gasteiger partial charge in [0, 0.05) is 6.42 Å². The molecular formula is C17H15N3O3. The number of rotatable bonds is 4. The molecule has 6 heteroatoms. The third-order valence-electron chi connectivity index (χ3n) is 3.84. The Kier molecular flexibility index (Phi) is 3.22. The van der Waals surface area contributed by atoms with Crippen molar-refractivity contribution in [1.82, 2.24) is 15.0 Å². The molecule has 1 aliphatic rings. The van der Waals surface area contributed by atoms with Gasteiger partial charge >= 0.3 is 0 Å². The van der Waals surface area contributed by atoms with Crippen molar-refractivity contribution in [2.24, 2.45) is 0 Å². The van der Waals surface area contributed by atoms with E-state index in [1.165, 1.54) is 0 Å². The molecule has 0 unspecified atom stereocenters. The van der Waals surface area contributed by atoms with Crippen molar-refractivity contribution in [2.75, 3.05) is 6.79 Å². The summed E-state index contributed by atoms with van der Waals surface area (Å²) in [6.45, 7) is 1.79. The Labute approximate surface area is 132 Å². The van der Waals surface area contributed by atoms with E-state index in [0.29, 0.717) is 17.9 Å². The summed E-state index contributed by atoms with van der Waals surface area (Å²) in [7, 11) is 0. The van der Waals surface area contributed by atoms with Crippen LogP contribution in [0.1, 0.15) is 24.9 Å². The molecule has 0 aliphatic carbocycles. The largest absolute Gasteiger partial charge is 0.454 e. The van der Waals surface area contributed by atoms with E-state index < -0.39 is 0 Å². The average Bonchev–Trinajstić information content (AvgIpc) is 3.17. The van der Waals surface area contributed by atoms with Crippen molar-refractivity contribution >= 4 is 16.8 Å². The van der Waals surface area contributed by atoms with Crippen LogP contribution in [0.15, 0.2) is 42.5 Å². The molecule has 4 rings (SSSR count). The quantitative estimate of drug-likeness (QED) is 0.741. The summed E-state index contributed by atoms with van der Waals surface area (Å²) in [5, 5.41) is 9.03. The van der Waals surface area contributed by atoms with Gasteiger partial charge in [0.05, 0.1) is 0 Å². The molecule has 2 heterocycles. The van der Waals surface area contributed by atoms with Crippen molar-refractivity contribution in [3.05, 3.63) is 48.0 Å². The Hall–Kier alpha value is -2.89. The molecule has 0 fully saturated rings. The van der Waals surface area contributed by atoms with Crippen molar-refractivity contribution in [1.29, 1.82) is 0 Å². The van der Waals surface area contributed by atoms with Crippen LogP contribution in [0, 0.1) is 0 Å². The molecular weight excluding hydrogens is 294 g/mol. The van der Waals surface area contributed by atoms with Crippen LogP contribution in [-0.4, -0.2) is 27.6 Å². The molecule has 1 aliphatic heterocycles. The molecule has 3 aromatic rings. The van der Waals surface area contributed by atoms with E-state index in [9.17, 15) is 4.79 Å². The average molecular weight is 309 g/mol. The van der Waals surface area contributed by atoms with E-state index in [4.69, 9.17) is 9.47 Å². The van der Waals surface area contributed by atoms with Crippen LogP contribution < -0.4 is 9.47 Å². The first-order chi connectivity index (χ1) is 11.2. The van der Waals surface area contributed by atoms with Crippen LogP contribution in [0.3, 0.4) is 0 Å². The molecule has 0 spiro atoms. The fraction of sp³-hybridized carbons (Fsp3) is 0.235. The van der Waals surface area contributed by atoms with E-state index in [0.717, 1.165) is 16.6 Å². The molecule has 0 bridgehead atoms. The minimum Gasteiger partial charge on any atom is -0.454 e. The summed E-state index contributed by atoms with van der Waals surface area (Å²) in [6.07, 6.45) is 0.320. The van der Waals surface area contributed by atoms with Crippen LogP contribution >= 0.6 is 0 Å². The van der Waals surface area contributed by atoms with Gasteiger partial charge in [-0.2, -0.15) is 15.0 Å². The van der Waals surface area contributed by atoms with Crippen LogP contribution in [0.25, 0.3) is 11.0 Å². The maximum atomic E-state index is 11.7. The Morgan fingerprint density at radius 2 is 1.83 bits per heavy atom. The van der Waals surface area contributed by atoms with Gasteiger partial charge in [-0.05, 0) is 36.8 Å². The zero-order valence-corrected chi connectivity index (χ0v) is 12.6. The SMILES string of the molecule is CC(=O)C[C@@H](c1ccc2c(c1)OCO2)n1nc2ccccc2n1. The van der Waals surface area contributed by atoms with Crippen molar-refractivity contribution in [3.63, 3.8) is 0 Å². The number of hydrogen-bond acceptors (Lipinski definition) is 5. The van der Waals surface area contributed by atoms with Crippen molar-refractivity contribution in [3.8, 4) is 11.5 Å². The molecule has 0 saturated carbocycles. The molecule has 2 aromatic carbocycles. The predicted octanol–water partition coefficient (Wildman–Crippen LogP) is 2.73. The van der Waals surface area contributed by atoms with Crippen molar-refractivity contribution in [2.45, 2.75) is 19.4 Å². The highest BCUT2D eigenvalue weighted by Gasteiger charge is 2.22. The van der Waals surface area contributed by atoms with E-state index in [2.05, 4.69) is 10.2 Å². The molecule has 1 atom stereocenters. The lowest BCUT2D eigenvalue weighted by atomic mass is 10.0. The summed E-state index contributed by atoms with van der Waals surface area (Å²) < 4.78 is 10.8. The van der Waals surface area contributed by atoms with Gasteiger partial charge in [0.1, 0.15) is 22.9 Å². The molecule has 0 saturated heterocycles. The van der Waals surface area contributed by atoms with E-state index in [1.54, 1.807) is 11.7 Å². The Bertz CT molecular complexity index is 855. The number of hydrogen-bond donors (Lipinski definition) is 0. The lowest BCUT2D eigenvalue weighted by Gasteiger charge is -2.15. The lowest BCUT2D eigenvalue weighted by Crippen LogP contribution is -2.16. The molecule has 0 radical (unpaired) electrons. The first-order valence-corrected chi connectivity index (χ1v) is 7.41. The van der Waals surface area contributed by atoms with Gasteiger partial charge in [0.15, 0.2) is 11.5 Å². The van der Waals surface area contributed by atoms with E-state index in [1.807, 2.05) is 42.5 Å². The van der Waals surface area contributed by atoms with Crippen LogP contribution in [-0.2, 0) is 4.79 Å². The van der Waals surface area contributed by atoms with E-state index >= 15 is 0 Å². The first kappa shape index (κ1) is 13.8. The molecule has 6 nitrogen and oxygen atoms in total. The van der Waals surface area contributed by atoms with Gasteiger partial charge in [-0.3, -0.25) is 4.79 Å². The van der Waals surface area contributed by atoms with Crippen LogP contribution in [0.5, 0.6) is 11.5 Å². The zero-order valence-electron chi connectivity index (χ0n) is 12.6. The molecule has 116 valence electrons. The van der Waals surface area contributed by atoms with Gasteiger partial charge in [-0.25, -0.2) is 0 Å². The lowest BCUT2D eigenvalue weighted by molar-refractivity contribution is -0.117. The summed E-state index contributed by atoms with van der Waals surface area (Å²) in [5.41, 5.74) is 2.54. The number of Topliss-reactive ketones (excluding diaryl/α,β-unsaturated/α-hetero) is 1. The highest BCUT2D eigenvalue weighted by atomic mass is 16.7. The Morgan fingerprint density at radius 1 is 1.13 bits per heavy atom. The number of aromatic nitrogens is 3. The third kappa shape index (κ3) is 2.52. The molecule has 1 aromatic heterocycles. The number of carbonyl (C=O) groups excluding carboxylic acids is 1. The minimum atomic E-state index is -0.269. The van der Waals surface area contributed by atoms with E-state index in [-0.39, 0.29) is 18.6 Å². The molecule has 0 amide bonds. The Balaban J connectivity index is 1.79. The second-order valence-corrected chi connectivity index (χ2v) is 5.54. The zero-order chi connectivity index (χ0) is 15.8. The fourth-order valence-corrected chi connectivity index (χ4v) is 2.74. The highest BCUT2D eigenvalue weighted by molar-refractivity contribution is 5.77. The molecule has 0 N–H and O–H groups in total. The maximum Gasteiger partial charge on any atom is 0.231 e.